The fourth-order valence-corrected chi connectivity index (χ4v) is 1.51. The first-order valence-electron chi connectivity index (χ1n) is 4.70. The van der Waals surface area contributed by atoms with Gasteiger partial charge in [0.15, 0.2) is 0 Å². The van der Waals surface area contributed by atoms with Crippen molar-refractivity contribution >= 4 is 11.8 Å². The molecule has 0 aliphatic carbocycles. The van der Waals surface area contributed by atoms with Crippen molar-refractivity contribution in [3.63, 3.8) is 0 Å². The predicted octanol–water partition coefficient (Wildman–Crippen LogP) is 2.52. The average molecular weight is 175 g/mol. The molecule has 11 heavy (non-hydrogen) atoms. The van der Waals surface area contributed by atoms with Gasteiger partial charge in [-0.2, -0.15) is 11.8 Å². The van der Waals surface area contributed by atoms with Crippen molar-refractivity contribution in [3.05, 3.63) is 0 Å². The van der Waals surface area contributed by atoms with Crippen LogP contribution in [0.1, 0.15) is 33.1 Å². The highest BCUT2D eigenvalue weighted by atomic mass is 32.2. The van der Waals surface area contributed by atoms with Gasteiger partial charge in [-0.3, -0.25) is 0 Å². The summed E-state index contributed by atoms with van der Waals surface area (Å²) in [6.07, 6.45) is 3.94. The monoisotopic (exact) mass is 175 g/mol. The van der Waals surface area contributed by atoms with E-state index in [1.165, 1.54) is 43.9 Å². The molecular weight excluding hydrogens is 154 g/mol. The molecule has 1 nitrogen and oxygen atoms in total. The fraction of sp³-hybridized carbons (Fsp3) is 1.00. The lowest BCUT2D eigenvalue weighted by molar-refractivity contribution is 0.635. The zero-order valence-electron chi connectivity index (χ0n) is 7.86. The summed E-state index contributed by atoms with van der Waals surface area (Å²) in [7, 11) is 0. The Hall–Kier alpha value is 0.310. The van der Waals surface area contributed by atoms with Gasteiger partial charge in [-0.1, -0.05) is 20.3 Å². The largest absolute Gasteiger partial charge is 0.317 e. The second kappa shape index (κ2) is 10.3. The number of nitrogens with one attached hydrogen (secondary N) is 1. The molecule has 0 aliphatic heterocycles. The van der Waals surface area contributed by atoms with Crippen LogP contribution in [0.3, 0.4) is 0 Å². The molecule has 68 valence electrons. The molecule has 0 aromatic heterocycles. The molecule has 0 aliphatic rings. The third kappa shape index (κ3) is 10.3. The number of rotatable bonds is 8. The van der Waals surface area contributed by atoms with Gasteiger partial charge in [-0.25, -0.2) is 0 Å². The Labute approximate surface area is 75.3 Å². The zero-order valence-corrected chi connectivity index (χ0v) is 8.67. The van der Waals surface area contributed by atoms with Crippen molar-refractivity contribution in [1.82, 2.24) is 5.32 Å². The first-order chi connectivity index (χ1) is 5.41. The molecule has 0 bridgehead atoms. The Morgan fingerprint density at radius 3 is 2.45 bits per heavy atom. The van der Waals surface area contributed by atoms with E-state index in [1.54, 1.807) is 0 Å². The van der Waals surface area contributed by atoms with E-state index < -0.39 is 0 Å². The topological polar surface area (TPSA) is 12.0 Å². The van der Waals surface area contributed by atoms with Crippen LogP contribution in [-0.2, 0) is 0 Å². The van der Waals surface area contributed by atoms with E-state index in [-0.39, 0.29) is 0 Å². The maximum atomic E-state index is 3.43. The zero-order chi connectivity index (χ0) is 8.36. The lowest BCUT2D eigenvalue weighted by Gasteiger charge is -2.02. The first-order valence-corrected chi connectivity index (χ1v) is 5.85. The summed E-state index contributed by atoms with van der Waals surface area (Å²) in [5.41, 5.74) is 0. The molecule has 0 unspecified atom stereocenters. The maximum absolute atomic E-state index is 3.43. The molecular formula is C9H21NS. The van der Waals surface area contributed by atoms with Crippen LogP contribution in [0.2, 0.25) is 0 Å². The van der Waals surface area contributed by atoms with E-state index in [0.717, 1.165) is 0 Å². The lowest BCUT2D eigenvalue weighted by atomic mass is 10.3. The van der Waals surface area contributed by atoms with Crippen LogP contribution in [0.15, 0.2) is 0 Å². The highest BCUT2D eigenvalue weighted by molar-refractivity contribution is 7.99. The summed E-state index contributed by atoms with van der Waals surface area (Å²) in [5, 5.41) is 3.43. The van der Waals surface area contributed by atoms with Crippen LogP contribution in [0, 0.1) is 0 Å². The van der Waals surface area contributed by atoms with Crippen molar-refractivity contribution in [3.8, 4) is 0 Å². The van der Waals surface area contributed by atoms with Crippen molar-refractivity contribution in [2.45, 2.75) is 33.1 Å². The smallest absolute Gasteiger partial charge is 0.00411 e. The third-order valence-corrected chi connectivity index (χ3v) is 2.54. The van der Waals surface area contributed by atoms with E-state index in [4.69, 9.17) is 0 Å². The molecule has 0 saturated heterocycles. The summed E-state index contributed by atoms with van der Waals surface area (Å²) in [5.74, 6) is 2.57. The molecule has 2 heteroatoms. The van der Waals surface area contributed by atoms with Crippen molar-refractivity contribution in [2.75, 3.05) is 24.6 Å². The highest BCUT2D eigenvalue weighted by Crippen LogP contribution is 1.99. The van der Waals surface area contributed by atoms with Gasteiger partial charge in [0.1, 0.15) is 0 Å². The predicted molar refractivity (Wildman–Crippen MR) is 55.4 cm³/mol. The third-order valence-electron chi connectivity index (χ3n) is 1.55. The van der Waals surface area contributed by atoms with Crippen LogP contribution < -0.4 is 5.32 Å². The van der Waals surface area contributed by atoms with Crippen LogP contribution in [-0.4, -0.2) is 24.6 Å². The van der Waals surface area contributed by atoms with Gasteiger partial charge in [0.2, 0.25) is 0 Å². The van der Waals surface area contributed by atoms with E-state index in [0.29, 0.717) is 0 Å². The van der Waals surface area contributed by atoms with Gasteiger partial charge in [0, 0.05) is 0 Å². The van der Waals surface area contributed by atoms with Crippen LogP contribution in [0.25, 0.3) is 0 Å². The van der Waals surface area contributed by atoms with Gasteiger partial charge >= 0.3 is 0 Å². The Morgan fingerprint density at radius 1 is 1.09 bits per heavy atom. The van der Waals surface area contributed by atoms with Crippen LogP contribution in [0.4, 0.5) is 0 Å². The fourth-order valence-electron chi connectivity index (χ4n) is 0.870. The van der Waals surface area contributed by atoms with Crippen molar-refractivity contribution < 1.29 is 0 Å². The maximum Gasteiger partial charge on any atom is -0.00411 e. The number of thioether (sulfide) groups is 1. The Bertz CT molecular complexity index is 58.6. The minimum atomic E-state index is 1.20. The second-order valence-electron chi connectivity index (χ2n) is 2.65. The molecule has 0 heterocycles. The Balaban J connectivity index is 2.69. The average Bonchev–Trinajstić information content (AvgIpc) is 2.03. The molecule has 0 rings (SSSR count). The molecule has 0 aromatic carbocycles. The number of hydrogen-bond acceptors (Lipinski definition) is 2. The summed E-state index contributed by atoms with van der Waals surface area (Å²) in [6.45, 7) is 6.85. The van der Waals surface area contributed by atoms with Crippen LogP contribution >= 0.6 is 11.8 Å². The standard InChI is InChI=1S/C9H21NS/c1-3-5-7-10-8-6-9-11-4-2/h10H,3-9H2,1-2H3. The minimum Gasteiger partial charge on any atom is -0.317 e. The quantitative estimate of drug-likeness (QED) is 0.569. The summed E-state index contributed by atoms with van der Waals surface area (Å²) in [6, 6.07) is 0. The minimum absolute atomic E-state index is 1.20. The van der Waals surface area contributed by atoms with E-state index in [2.05, 4.69) is 19.2 Å². The molecule has 0 spiro atoms. The van der Waals surface area contributed by atoms with Crippen molar-refractivity contribution in [2.24, 2.45) is 0 Å². The van der Waals surface area contributed by atoms with Gasteiger partial charge < -0.3 is 5.32 Å². The SMILES string of the molecule is CCCCNCCCSCC. The van der Waals surface area contributed by atoms with E-state index in [9.17, 15) is 0 Å². The van der Waals surface area contributed by atoms with Gasteiger partial charge in [-0.05, 0) is 37.4 Å². The first kappa shape index (κ1) is 11.3. The normalized spacial score (nSPS) is 10.4. The molecule has 1 N–H and O–H groups in total. The summed E-state index contributed by atoms with van der Waals surface area (Å²) >= 11 is 2.03. The summed E-state index contributed by atoms with van der Waals surface area (Å²) < 4.78 is 0. The molecule has 0 aromatic rings. The second-order valence-corrected chi connectivity index (χ2v) is 4.05. The van der Waals surface area contributed by atoms with Gasteiger partial charge in [0.05, 0.1) is 0 Å². The Morgan fingerprint density at radius 2 is 1.82 bits per heavy atom. The molecule has 0 saturated carbocycles. The Kier molecular flexibility index (Phi) is 10.6. The molecule has 0 amide bonds. The number of hydrogen-bond donors (Lipinski definition) is 1. The lowest BCUT2D eigenvalue weighted by Crippen LogP contribution is -2.16. The molecule has 0 radical (unpaired) electrons. The number of unbranched alkanes of at least 4 members (excludes halogenated alkanes) is 1. The van der Waals surface area contributed by atoms with E-state index in [1.807, 2.05) is 11.8 Å². The molecule has 0 atom stereocenters. The van der Waals surface area contributed by atoms with Gasteiger partial charge in [-0.15, -0.1) is 0 Å². The van der Waals surface area contributed by atoms with E-state index >= 15 is 0 Å². The van der Waals surface area contributed by atoms with Gasteiger partial charge in [0.25, 0.3) is 0 Å². The molecule has 0 fully saturated rings. The highest BCUT2D eigenvalue weighted by Gasteiger charge is 1.87. The van der Waals surface area contributed by atoms with Crippen LogP contribution in [0.5, 0.6) is 0 Å². The summed E-state index contributed by atoms with van der Waals surface area (Å²) in [4.78, 5) is 0. The van der Waals surface area contributed by atoms with Crippen molar-refractivity contribution in [1.29, 1.82) is 0 Å².